The number of aliphatic hydroxyl groups excluding tert-OH is 3. The molecule has 21 heavy (non-hydrogen) atoms. The molecule has 0 spiro atoms. The molecular weight excluding hydrogens is 302 g/mol. The standard InChI is InChI=1S/C10H13N5O4S.H2O/c11-10-13-7-4(8(20)14-10)12-2-15(7)9-6(18)5(17)3(1-16)19-9;/h2-3,5-6,9,16-18H,1H2,(H3,11,13,14,20);1H2/t3-,5-,6-,9-;/m1./s1. The van der Waals surface area contributed by atoms with Crippen molar-refractivity contribution in [3.63, 3.8) is 0 Å². The number of hydrogen-bond acceptors (Lipinski definition) is 8. The van der Waals surface area contributed by atoms with Crippen LogP contribution in [0.1, 0.15) is 6.23 Å². The van der Waals surface area contributed by atoms with Gasteiger partial charge in [-0.15, -0.1) is 0 Å². The van der Waals surface area contributed by atoms with Gasteiger partial charge in [0.2, 0.25) is 0 Å². The van der Waals surface area contributed by atoms with E-state index >= 15 is 0 Å². The van der Waals surface area contributed by atoms with E-state index in [0.717, 1.165) is 0 Å². The summed E-state index contributed by atoms with van der Waals surface area (Å²) in [6.07, 6.45) is -2.77. The Morgan fingerprint density at radius 1 is 1.43 bits per heavy atom. The minimum absolute atomic E-state index is 0. The van der Waals surface area contributed by atoms with Crippen molar-refractivity contribution in [1.29, 1.82) is 0 Å². The second kappa shape index (κ2) is 5.63. The Kier molecular flexibility index (Phi) is 4.22. The summed E-state index contributed by atoms with van der Waals surface area (Å²) in [7, 11) is 0. The third kappa shape index (κ3) is 2.39. The number of nitrogens with one attached hydrogen (secondary N) is 1. The van der Waals surface area contributed by atoms with Crippen molar-refractivity contribution >= 4 is 29.3 Å². The van der Waals surface area contributed by atoms with Gasteiger partial charge < -0.3 is 36.3 Å². The van der Waals surface area contributed by atoms with Crippen LogP contribution in [0.15, 0.2) is 6.33 Å². The molecule has 2 aromatic heterocycles. The SMILES string of the molecule is Nc1nc(=S)c2ncn([C@@H]3O[C@H](CO)[C@@H](O)[C@H]3O)c2[nH]1.O. The summed E-state index contributed by atoms with van der Waals surface area (Å²) in [6, 6.07) is 0. The molecule has 11 heteroatoms. The first-order valence-electron chi connectivity index (χ1n) is 5.87. The monoisotopic (exact) mass is 317 g/mol. The summed E-state index contributed by atoms with van der Waals surface area (Å²) in [5.41, 5.74) is 6.44. The van der Waals surface area contributed by atoms with Crippen LogP contribution in [0, 0.1) is 4.64 Å². The maximum absolute atomic E-state index is 10.0. The van der Waals surface area contributed by atoms with Crippen LogP contribution in [-0.4, -0.2) is 65.2 Å². The van der Waals surface area contributed by atoms with Gasteiger partial charge in [-0.3, -0.25) is 4.57 Å². The van der Waals surface area contributed by atoms with Gasteiger partial charge in [-0.1, -0.05) is 12.2 Å². The van der Waals surface area contributed by atoms with E-state index in [2.05, 4.69) is 15.0 Å². The fourth-order valence-electron chi connectivity index (χ4n) is 2.26. The first kappa shape index (κ1) is 15.8. The molecule has 116 valence electrons. The van der Waals surface area contributed by atoms with Gasteiger partial charge in [-0.05, 0) is 0 Å². The molecule has 0 bridgehead atoms. The van der Waals surface area contributed by atoms with Crippen LogP contribution in [0.25, 0.3) is 11.2 Å². The highest BCUT2D eigenvalue weighted by Crippen LogP contribution is 2.31. The fraction of sp³-hybridized carbons (Fsp3) is 0.500. The van der Waals surface area contributed by atoms with Gasteiger partial charge in [0.25, 0.3) is 0 Å². The Morgan fingerprint density at radius 2 is 2.14 bits per heavy atom. The molecule has 0 unspecified atom stereocenters. The summed E-state index contributed by atoms with van der Waals surface area (Å²) in [6.45, 7) is -0.402. The maximum Gasteiger partial charge on any atom is 0.200 e. The number of imidazole rings is 1. The van der Waals surface area contributed by atoms with Gasteiger partial charge in [0.05, 0.1) is 12.9 Å². The molecule has 0 aliphatic carbocycles. The summed E-state index contributed by atoms with van der Waals surface area (Å²) in [5, 5.41) is 28.9. The quantitative estimate of drug-likeness (QED) is 0.390. The molecule has 1 aliphatic rings. The summed E-state index contributed by atoms with van der Waals surface area (Å²) >= 11 is 5.05. The topological polar surface area (TPSA) is 174 Å². The molecule has 4 atom stereocenters. The Bertz CT molecular complexity index is 703. The average molecular weight is 317 g/mol. The molecule has 0 radical (unpaired) electrons. The first-order valence-corrected chi connectivity index (χ1v) is 6.28. The van der Waals surface area contributed by atoms with E-state index < -0.39 is 31.1 Å². The molecule has 0 saturated carbocycles. The Hall–Kier alpha value is -1.63. The second-order valence-electron chi connectivity index (χ2n) is 4.51. The van der Waals surface area contributed by atoms with E-state index in [9.17, 15) is 10.2 Å². The molecular formula is C10H15N5O5S. The van der Waals surface area contributed by atoms with Crippen LogP contribution in [0.2, 0.25) is 0 Å². The zero-order valence-corrected chi connectivity index (χ0v) is 11.5. The zero-order chi connectivity index (χ0) is 14.4. The maximum atomic E-state index is 10.0. The number of aromatic nitrogens is 4. The van der Waals surface area contributed by atoms with E-state index in [4.69, 9.17) is 27.8 Å². The number of aromatic amines is 1. The van der Waals surface area contributed by atoms with Crippen molar-refractivity contribution in [1.82, 2.24) is 19.5 Å². The average Bonchev–Trinajstić information content (AvgIpc) is 2.93. The molecule has 0 aromatic carbocycles. The van der Waals surface area contributed by atoms with Gasteiger partial charge in [0, 0.05) is 0 Å². The highest BCUT2D eigenvalue weighted by molar-refractivity contribution is 7.71. The van der Waals surface area contributed by atoms with Crippen molar-refractivity contribution in [2.45, 2.75) is 24.5 Å². The number of nitrogens with zero attached hydrogens (tertiary/aromatic N) is 3. The van der Waals surface area contributed by atoms with Crippen LogP contribution in [-0.2, 0) is 4.74 Å². The Morgan fingerprint density at radius 3 is 2.76 bits per heavy atom. The number of H-pyrrole nitrogens is 1. The number of anilines is 1. The largest absolute Gasteiger partial charge is 0.412 e. The lowest BCUT2D eigenvalue weighted by Crippen LogP contribution is -2.33. The zero-order valence-electron chi connectivity index (χ0n) is 10.7. The molecule has 1 fully saturated rings. The number of nitrogens with two attached hydrogens (primary N) is 1. The highest BCUT2D eigenvalue weighted by Gasteiger charge is 2.43. The van der Waals surface area contributed by atoms with E-state index in [-0.39, 0.29) is 16.1 Å². The molecule has 3 heterocycles. The molecule has 3 rings (SSSR count). The summed E-state index contributed by atoms with van der Waals surface area (Å²) in [5.74, 6) is 0.107. The van der Waals surface area contributed by atoms with Crippen molar-refractivity contribution in [3.05, 3.63) is 11.0 Å². The van der Waals surface area contributed by atoms with Gasteiger partial charge in [0.15, 0.2) is 16.8 Å². The summed E-state index contributed by atoms with van der Waals surface area (Å²) in [4.78, 5) is 10.8. The highest BCUT2D eigenvalue weighted by atomic mass is 32.1. The summed E-state index contributed by atoms with van der Waals surface area (Å²) < 4.78 is 7.11. The van der Waals surface area contributed by atoms with Crippen molar-refractivity contribution in [3.8, 4) is 0 Å². The molecule has 1 aliphatic heterocycles. The first-order chi connectivity index (χ1) is 9.52. The van der Waals surface area contributed by atoms with E-state index in [1.165, 1.54) is 10.9 Å². The smallest absolute Gasteiger partial charge is 0.200 e. The number of aliphatic hydroxyl groups is 3. The Labute approximate surface area is 123 Å². The van der Waals surface area contributed by atoms with Crippen LogP contribution in [0.3, 0.4) is 0 Å². The normalized spacial score (nSPS) is 28.7. The third-order valence-corrected chi connectivity index (χ3v) is 3.54. The Balaban J connectivity index is 0.00000161. The minimum atomic E-state index is -1.21. The second-order valence-corrected chi connectivity index (χ2v) is 4.89. The number of fused-ring (bicyclic) bond motifs is 1. The minimum Gasteiger partial charge on any atom is -0.412 e. The molecule has 8 N–H and O–H groups in total. The fourth-order valence-corrected chi connectivity index (χ4v) is 2.50. The van der Waals surface area contributed by atoms with E-state index in [1.54, 1.807) is 0 Å². The van der Waals surface area contributed by atoms with Crippen molar-refractivity contribution in [2.75, 3.05) is 12.3 Å². The lowest BCUT2D eigenvalue weighted by atomic mass is 10.1. The van der Waals surface area contributed by atoms with Crippen LogP contribution in [0.5, 0.6) is 0 Å². The number of nitrogen functional groups attached to an aromatic ring is 1. The molecule has 0 amide bonds. The molecule has 2 aromatic rings. The lowest BCUT2D eigenvalue weighted by Gasteiger charge is -2.16. The van der Waals surface area contributed by atoms with Crippen LogP contribution < -0.4 is 5.73 Å². The predicted octanol–water partition coefficient (Wildman–Crippen LogP) is -2.14. The molecule has 10 nitrogen and oxygen atoms in total. The van der Waals surface area contributed by atoms with Crippen molar-refractivity contribution in [2.24, 2.45) is 0 Å². The van der Waals surface area contributed by atoms with Gasteiger partial charge in [0.1, 0.15) is 29.5 Å². The van der Waals surface area contributed by atoms with Crippen LogP contribution in [0.4, 0.5) is 5.95 Å². The number of rotatable bonds is 2. The van der Waals surface area contributed by atoms with E-state index in [0.29, 0.717) is 11.2 Å². The number of ether oxygens (including phenoxy) is 1. The number of hydrogen-bond donors (Lipinski definition) is 5. The van der Waals surface area contributed by atoms with Crippen molar-refractivity contribution < 1.29 is 25.5 Å². The van der Waals surface area contributed by atoms with Crippen LogP contribution >= 0.6 is 12.2 Å². The van der Waals surface area contributed by atoms with E-state index in [1.807, 2.05) is 0 Å². The predicted molar refractivity (Wildman–Crippen MR) is 73.7 cm³/mol. The third-order valence-electron chi connectivity index (χ3n) is 3.26. The lowest BCUT2D eigenvalue weighted by molar-refractivity contribution is -0.0511. The van der Waals surface area contributed by atoms with Gasteiger partial charge >= 0.3 is 0 Å². The van der Waals surface area contributed by atoms with Gasteiger partial charge in [-0.2, -0.15) is 0 Å². The molecule has 1 saturated heterocycles. The van der Waals surface area contributed by atoms with Gasteiger partial charge in [-0.25, -0.2) is 9.97 Å².